The molecule has 1 aromatic rings. The van der Waals surface area contributed by atoms with Crippen LogP contribution in [0.25, 0.3) is 0 Å². The van der Waals surface area contributed by atoms with Gasteiger partial charge in [0.25, 0.3) is 0 Å². The molecule has 0 aliphatic heterocycles. The van der Waals surface area contributed by atoms with E-state index in [-0.39, 0.29) is 0 Å². The topological polar surface area (TPSA) is 20.2 Å². The van der Waals surface area contributed by atoms with Gasteiger partial charge in [-0.15, -0.1) is 0 Å². The maximum absolute atomic E-state index is 7.00. The lowest BCUT2D eigenvalue weighted by Crippen LogP contribution is -2.01. The SMILES string of the molecule is CC.CO.[B]c1cccc(CC)c1. The molecule has 0 aromatic heterocycles. The fourth-order valence-corrected chi connectivity index (χ4v) is 0.813. The van der Waals surface area contributed by atoms with Gasteiger partial charge in [-0.1, -0.05) is 50.5 Å². The quantitative estimate of drug-likeness (QED) is 0.648. The normalized spacial score (nSPS) is 7.46. The lowest BCUT2D eigenvalue weighted by atomic mass is 9.94. The third-order valence-electron chi connectivity index (χ3n) is 1.36. The summed E-state index contributed by atoms with van der Waals surface area (Å²) >= 11 is 0. The molecule has 0 unspecified atom stereocenters. The van der Waals surface area contributed by atoms with E-state index < -0.39 is 0 Å². The molecule has 0 bridgehead atoms. The van der Waals surface area contributed by atoms with Crippen molar-refractivity contribution < 1.29 is 5.11 Å². The van der Waals surface area contributed by atoms with Gasteiger partial charge in [0.05, 0.1) is 0 Å². The summed E-state index contributed by atoms with van der Waals surface area (Å²) in [7, 11) is 6.53. The second-order valence-electron chi connectivity index (χ2n) is 2.10. The Hall–Kier alpha value is -0.755. The predicted octanol–water partition coefficient (Wildman–Crippen LogP) is 1.68. The summed E-state index contributed by atoms with van der Waals surface area (Å²) in [5, 5.41) is 7.00. The monoisotopic (exact) mass is 178 g/mol. The van der Waals surface area contributed by atoms with E-state index in [2.05, 4.69) is 13.0 Å². The largest absolute Gasteiger partial charge is 0.400 e. The van der Waals surface area contributed by atoms with Crippen molar-refractivity contribution in [3.05, 3.63) is 29.8 Å². The van der Waals surface area contributed by atoms with E-state index in [0.717, 1.165) is 19.0 Å². The van der Waals surface area contributed by atoms with E-state index in [4.69, 9.17) is 13.0 Å². The molecular formula is C11H19BO. The Kier molecular flexibility index (Phi) is 12.8. The molecule has 1 rings (SSSR count). The van der Waals surface area contributed by atoms with Crippen LogP contribution in [0.15, 0.2) is 24.3 Å². The summed E-state index contributed by atoms with van der Waals surface area (Å²) in [6.07, 6.45) is 1.06. The van der Waals surface area contributed by atoms with Crippen molar-refractivity contribution in [1.29, 1.82) is 0 Å². The molecule has 2 radical (unpaired) electrons. The van der Waals surface area contributed by atoms with Gasteiger partial charge < -0.3 is 5.11 Å². The Balaban J connectivity index is 0. The van der Waals surface area contributed by atoms with Crippen molar-refractivity contribution in [3.8, 4) is 0 Å². The number of benzene rings is 1. The molecule has 0 fully saturated rings. The highest BCUT2D eigenvalue weighted by molar-refractivity contribution is 6.32. The van der Waals surface area contributed by atoms with Crippen molar-refractivity contribution in [3.63, 3.8) is 0 Å². The van der Waals surface area contributed by atoms with Gasteiger partial charge in [-0.05, 0) is 12.0 Å². The smallest absolute Gasteiger partial charge is 0.113 e. The Bertz CT molecular complexity index is 199. The first-order valence-corrected chi connectivity index (χ1v) is 4.62. The van der Waals surface area contributed by atoms with Crippen molar-refractivity contribution in [2.45, 2.75) is 27.2 Å². The number of aryl methyl sites for hydroxylation is 1. The van der Waals surface area contributed by atoms with Crippen LogP contribution >= 0.6 is 0 Å². The van der Waals surface area contributed by atoms with Gasteiger partial charge in [0, 0.05) is 7.11 Å². The third-order valence-corrected chi connectivity index (χ3v) is 1.36. The molecule has 0 atom stereocenters. The van der Waals surface area contributed by atoms with Crippen LogP contribution < -0.4 is 5.46 Å². The zero-order chi connectivity index (χ0) is 10.7. The molecule has 1 nitrogen and oxygen atoms in total. The molecular weight excluding hydrogens is 159 g/mol. The average molecular weight is 178 g/mol. The number of hydrogen-bond acceptors (Lipinski definition) is 1. The van der Waals surface area contributed by atoms with Crippen LogP contribution in [0, 0.1) is 0 Å². The zero-order valence-electron chi connectivity index (χ0n) is 9.04. The van der Waals surface area contributed by atoms with E-state index in [9.17, 15) is 0 Å². The van der Waals surface area contributed by atoms with E-state index >= 15 is 0 Å². The van der Waals surface area contributed by atoms with Gasteiger partial charge in [-0.25, -0.2) is 0 Å². The Labute approximate surface area is 83.2 Å². The van der Waals surface area contributed by atoms with Crippen LogP contribution in [0.4, 0.5) is 0 Å². The average Bonchev–Trinajstić information content (AvgIpc) is 2.24. The van der Waals surface area contributed by atoms with Crippen molar-refractivity contribution in [1.82, 2.24) is 0 Å². The molecule has 0 saturated carbocycles. The minimum atomic E-state index is 0.856. The maximum atomic E-state index is 7.00. The Morgan fingerprint density at radius 3 is 2.08 bits per heavy atom. The molecule has 72 valence electrons. The standard InChI is InChI=1S/C8H9B.C2H6.CH4O/c1-2-7-4-3-5-8(9)6-7;2*1-2/h3-6H,2H2,1H3;1-2H3;2H,1H3. The highest BCUT2D eigenvalue weighted by Gasteiger charge is 1.85. The second kappa shape index (κ2) is 11.2. The predicted molar refractivity (Wildman–Crippen MR) is 60.7 cm³/mol. The lowest BCUT2D eigenvalue weighted by Gasteiger charge is -1.95. The fourth-order valence-electron chi connectivity index (χ4n) is 0.813. The van der Waals surface area contributed by atoms with Crippen LogP contribution in [-0.2, 0) is 6.42 Å². The van der Waals surface area contributed by atoms with E-state index in [1.807, 2.05) is 32.0 Å². The number of aliphatic hydroxyl groups is 1. The molecule has 0 spiro atoms. The summed E-state index contributed by atoms with van der Waals surface area (Å²) in [5.41, 5.74) is 2.16. The van der Waals surface area contributed by atoms with Crippen molar-refractivity contribution in [2.24, 2.45) is 0 Å². The van der Waals surface area contributed by atoms with Gasteiger partial charge >= 0.3 is 0 Å². The van der Waals surface area contributed by atoms with Crippen molar-refractivity contribution >= 4 is 13.3 Å². The van der Waals surface area contributed by atoms with E-state index in [0.29, 0.717) is 0 Å². The second-order valence-corrected chi connectivity index (χ2v) is 2.10. The lowest BCUT2D eigenvalue weighted by molar-refractivity contribution is 0.399. The van der Waals surface area contributed by atoms with Crippen LogP contribution in [0.3, 0.4) is 0 Å². The first-order chi connectivity index (χ1) is 6.33. The zero-order valence-corrected chi connectivity index (χ0v) is 9.04. The van der Waals surface area contributed by atoms with E-state index in [1.165, 1.54) is 5.56 Å². The third kappa shape index (κ3) is 7.60. The Morgan fingerprint density at radius 1 is 1.23 bits per heavy atom. The van der Waals surface area contributed by atoms with Crippen LogP contribution in [0.2, 0.25) is 0 Å². The van der Waals surface area contributed by atoms with Crippen LogP contribution in [0.5, 0.6) is 0 Å². The minimum Gasteiger partial charge on any atom is -0.400 e. The highest BCUT2D eigenvalue weighted by atomic mass is 16.2. The molecule has 13 heavy (non-hydrogen) atoms. The minimum absolute atomic E-state index is 0.856. The molecule has 0 saturated heterocycles. The molecule has 0 aliphatic carbocycles. The van der Waals surface area contributed by atoms with Crippen LogP contribution in [0.1, 0.15) is 26.3 Å². The molecule has 1 N–H and O–H groups in total. The summed E-state index contributed by atoms with van der Waals surface area (Å²) < 4.78 is 0. The van der Waals surface area contributed by atoms with Gasteiger partial charge in [0.1, 0.15) is 7.85 Å². The summed E-state index contributed by atoms with van der Waals surface area (Å²) in [4.78, 5) is 0. The highest BCUT2D eigenvalue weighted by Crippen LogP contribution is 1.94. The summed E-state index contributed by atoms with van der Waals surface area (Å²) in [5.74, 6) is 0. The molecule has 2 heteroatoms. The Morgan fingerprint density at radius 2 is 1.77 bits per heavy atom. The number of rotatable bonds is 1. The van der Waals surface area contributed by atoms with E-state index in [1.54, 1.807) is 0 Å². The summed E-state index contributed by atoms with van der Waals surface area (Å²) in [6.45, 7) is 6.12. The van der Waals surface area contributed by atoms with Gasteiger partial charge in [-0.2, -0.15) is 0 Å². The summed E-state index contributed by atoms with van der Waals surface area (Å²) in [6, 6.07) is 7.96. The van der Waals surface area contributed by atoms with Crippen molar-refractivity contribution in [2.75, 3.05) is 7.11 Å². The fraction of sp³-hybridized carbons (Fsp3) is 0.455. The number of hydrogen-bond donors (Lipinski definition) is 1. The maximum Gasteiger partial charge on any atom is 0.113 e. The number of aliphatic hydroxyl groups excluding tert-OH is 1. The molecule has 0 heterocycles. The first kappa shape index (κ1) is 14.8. The molecule has 0 aliphatic rings. The van der Waals surface area contributed by atoms with Gasteiger partial charge in [0.2, 0.25) is 0 Å². The van der Waals surface area contributed by atoms with Crippen LogP contribution in [-0.4, -0.2) is 20.1 Å². The molecule has 0 amide bonds. The van der Waals surface area contributed by atoms with Gasteiger partial charge in [0.15, 0.2) is 0 Å². The molecule has 1 aromatic carbocycles. The van der Waals surface area contributed by atoms with Gasteiger partial charge in [-0.3, -0.25) is 0 Å². The first-order valence-electron chi connectivity index (χ1n) is 4.62.